The number of pyridine rings is 1. The Kier molecular flexibility index (Phi) is 4.99. The molecule has 32 heavy (non-hydrogen) atoms. The molecule has 0 radical (unpaired) electrons. The molecule has 0 fully saturated rings. The van der Waals surface area contributed by atoms with Crippen molar-refractivity contribution in [3.05, 3.63) is 66.2 Å². The SMILES string of the molecule is CCN(c1cc(-c2c[nH]c3ncc(-c4cnn(C)c4)cc23)nc(N)n1)c1ccccc1Cl. The predicted octanol–water partition coefficient (Wildman–Crippen LogP) is 4.81. The molecule has 0 saturated carbocycles. The molecule has 0 aliphatic rings. The summed E-state index contributed by atoms with van der Waals surface area (Å²) in [5.74, 6) is 0.863. The quantitative estimate of drug-likeness (QED) is 0.403. The average Bonchev–Trinajstić information content (AvgIpc) is 3.41. The van der Waals surface area contributed by atoms with Gasteiger partial charge in [0.1, 0.15) is 11.5 Å². The van der Waals surface area contributed by atoms with Crippen LogP contribution in [0.4, 0.5) is 17.5 Å². The lowest BCUT2D eigenvalue weighted by Gasteiger charge is -2.23. The van der Waals surface area contributed by atoms with Gasteiger partial charge < -0.3 is 15.6 Å². The van der Waals surface area contributed by atoms with Crippen LogP contribution >= 0.6 is 11.6 Å². The second-order valence-corrected chi connectivity index (χ2v) is 7.80. The van der Waals surface area contributed by atoms with Crippen molar-refractivity contribution in [2.75, 3.05) is 17.2 Å². The van der Waals surface area contributed by atoms with E-state index in [0.29, 0.717) is 23.1 Å². The van der Waals surface area contributed by atoms with Crippen molar-refractivity contribution in [3.63, 3.8) is 0 Å². The molecule has 3 N–H and O–H groups in total. The minimum atomic E-state index is 0.189. The van der Waals surface area contributed by atoms with Gasteiger partial charge in [-0.1, -0.05) is 23.7 Å². The maximum atomic E-state index is 6.45. The fourth-order valence-electron chi connectivity index (χ4n) is 3.80. The normalized spacial score (nSPS) is 11.2. The molecule has 8 nitrogen and oxygen atoms in total. The van der Waals surface area contributed by atoms with E-state index in [1.54, 1.807) is 4.68 Å². The van der Waals surface area contributed by atoms with Crippen molar-refractivity contribution in [1.82, 2.24) is 29.7 Å². The first kappa shape index (κ1) is 20.0. The van der Waals surface area contributed by atoms with E-state index in [1.807, 2.05) is 74.0 Å². The van der Waals surface area contributed by atoms with Crippen molar-refractivity contribution in [1.29, 1.82) is 0 Å². The van der Waals surface area contributed by atoms with E-state index in [2.05, 4.69) is 31.1 Å². The minimum absolute atomic E-state index is 0.189. The highest BCUT2D eigenvalue weighted by atomic mass is 35.5. The van der Waals surface area contributed by atoms with Gasteiger partial charge in [-0.3, -0.25) is 4.68 Å². The predicted molar refractivity (Wildman–Crippen MR) is 128 cm³/mol. The van der Waals surface area contributed by atoms with E-state index in [9.17, 15) is 0 Å². The first-order valence-electron chi connectivity index (χ1n) is 10.2. The molecule has 0 amide bonds. The molecule has 4 heterocycles. The number of anilines is 3. The summed E-state index contributed by atoms with van der Waals surface area (Å²) in [6.45, 7) is 2.71. The molecule has 0 aliphatic heterocycles. The van der Waals surface area contributed by atoms with Gasteiger partial charge in [0.25, 0.3) is 0 Å². The molecule has 0 bridgehead atoms. The second-order valence-electron chi connectivity index (χ2n) is 7.39. The number of benzene rings is 1. The van der Waals surface area contributed by atoms with Crippen LogP contribution in [0.2, 0.25) is 5.02 Å². The molecular formula is C23H21ClN8. The zero-order valence-electron chi connectivity index (χ0n) is 17.6. The Balaban J connectivity index is 1.62. The van der Waals surface area contributed by atoms with Crippen LogP contribution in [-0.4, -0.2) is 36.3 Å². The molecule has 0 unspecified atom stereocenters. The van der Waals surface area contributed by atoms with Gasteiger partial charge in [-0.15, -0.1) is 0 Å². The highest BCUT2D eigenvalue weighted by Crippen LogP contribution is 2.35. The highest BCUT2D eigenvalue weighted by molar-refractivity contribution is 6.33. The third-order valence-electron chi connectivity index (χ3n) is 5.31. The standard InChI is InChI=1S/C23H21ClN8/c1-3-32(20-7-5-4-6-18(20)24)21-9-19(29-23(25)30-21)17-12-27-22-16(17)8-14(10-26-22)15-11-28-31(2)13-15/h4-13H,3H2,1-2H3,(H,26,27)(H2,25,29,30). The number of para-hydroxylation sites is 1. The summed E-state index contributed by atoms with van der Waals surface area (Å²) < 4.78 is 1.77. The van der Waals surface area contributed by atoms with E-state index < -0.39 is 0 Å². The molecule has 5 rings (SSSR count). The van der Waals surface area contributed by atoms with E-state index in [4.69, 9.17) is 17.3 Å². The third kappa shape index (κ3) is 3.54. The first-order chi connectivity index (χ1) is 15.5. The van der Waals surface area contributed by atoms with Crippen molar-refractivity contribution in [2.45, 2.75) is 6.92 Å². The van der Waals surface area contributed by atoms with Crippen molar-refractivity contribution in [2.24, 2.45) is 7.05 Å². The van der Waals surface area contributed by atoms with Crippen LogP contribution in [-0.2, 0) is 7.05 Å². The zero-order valence-corrected chi connectivity index (χ0v) is 18.4. The Morgan fingerprint density at radius 2 is 1.97 bits per heavy atom. The lowest BCUT2D eigenvalue weighted by Crippen LogP contribution is -2.18. The van der Waals surface area contributed by atoms with E-state index in [1.165, 1.54) is 0 Å². The summed E-state index contributed by atoms with van der Waals surface area (Å²) in [5.41, 5.74) is 11.3. The molecular weight excluding hydrogens is 424 g/mol. The molecule has 0 spiro atoms. The van der Waals surface area contributed by atoms with Crippen LogP contribution in [0.15, 0.2) is 61.2 Å². The number of nitrogens with one attached hydrogen (secondary N) is 1. The first-order valence-corrected chi connectivity index (χ1v) is 10.5. The molecule has 160 valence electrons. The summed E-state index contributed by atoms with van der Waals surface area (Å²) in [6.07, 6.45) is 7.50. The molecule has 4 aromatic heterocycles. The van der Waals surface area contributed by atoms with Crippen LogP contribution in [0.5, 0.6) is 0 Å². The number of fused-ring (bicyclic) bond motifs is 1. The lowest BCUT2D eigenvalue weighted by atomic mass is 10.1. The molecule has 0 aliphatic carbocycles. The van der Waals surface area contributed by atoms with Crippen molar-refractivity contribution >= 4 is 40.1 Å². The lowest BCUT2D eigenvalue weighted by molar-refractivity contribution is 0.768. The summed E-state index contributed by atoms with van der Waals surface area (Å²) in [7, 11) is 1.89. The number of hydrogen-bond donors (Lipinski definition) is 2. The van der Waals surface area contributed by atoms with Crippen LogP contribution < -0.4 is 10.6 Å². The maximum absolute atomic E-state index is 6.45. The molecule has 9 heteroatoms. The summed E-state index contributed by atoms with van der Waals surface area (Å²) in [5, 5.41) is 5.84. The third-order valence-corrected chi connectivity index (χ3v) is 5.63. The Morgan fingerprint density at radius 1 is 1.12 bits per heavy atom. The molecule has 1 aromatic carbocycles. The Hall–Kier alpha value is -3.91. The highest BCUT2D eigenvalue weighted by Gasteiger charge is 2.17. The Labute approximate surface area is 189 Å². The summed E-state index contributed by atoms with van der Waals surface area (Å²) >= 11 is 6.45. The Morgan fingerprint density at radius 3 is 2.72 bits per heavy atom. The topological polar surface area (TPSA) is 102 Å². The summed E-state index contributed by atoms with van der Waals surface area (Å²) in [4.78, 5) is 18.8. The number of halogens is 1. The zero-order chi connectivity index (χ0) is 22.2. The number of aromatic amines is 1. The number of aromatic nitrogens is 6. The second kappa shape index (κ2) is 7.97. The smallest absolute Gasteiger partial charge is 0.222 e. The van der Waals surface area contributed by atoms with E-state index in [0.717, 1.165) is 33.4 Å². The van der Waals surface area contributed by atoms with Crippen LogP contribution in [0, 0.1) is 0 Å². The van der Waals surface area contributed by atoms with Gasteiger partial charge in [-0.25, -0.2) is 9.97 Å². The van der Waals surface area contributed by atoms with E-state index in [-0.39, 0.29) is 5.95 Å². The number of aryl methyl sites for hydroxylation is 1. The van der Waals surface area contributed by atoms with Crippen molar-refractivity contribution in [3.8, 4) is 22.4 Å². The van der Waals surface area contributed by atoms with E-state index >= 15 is 0 Å². The molecule has 0 saturated heterocycles. The summed E-state index contributed by atoms with van der Waals surface area (Å²) in [6, 6.07) is 11.7. The number of nitrogen functional groups attached to an aromatic ring is 1. The van der Waals surface area contributed by atoms with Gasteiger partial charge in [0.05, 0.1) is 22.6 Å². The van der Waals surface area contributed by atoms with Gasteiger partial charge in [0.2, 0.25) is 5.95 Å². The van der Waals surface area contributed by atoms with Crippen molar-refractivity contribution < 1.29 is 0 Å². The molecule has 0 atom stereocenters. The number of H-pyrrole nitrogens is 1. The van der Waals surface area contributed by atoms with Gasteiger partial charge in [-0.05, 0) is 25.1 Å². The van der Waals surface area contributed by atoms with Gasteiger partial charge >= 0.3 is 0 Å². The fraction of sp³-hybridized carbons (Fsp3) is 0.130. The maximum Gasteiger partial charge on any atom is 0.222 e. The minimum Gasteiger partial charge on any atom is -0.368 e. The molecule has 5 aromatic rings. The number of hydrogen-bond acceptors (Lipinski definition) is 6. The fourth-order valence-corrected chi connectivity index (χ4v) is 4.04. The van der Waals surface area contributed by atoms with Gasteiger partial charge in [0, 0.05) is 60.3 Å². The van der Waals surface area contributed by atoms with Crippen LogP contribution in [0.1, 0.15) is 6.92 Å². The van der Waals surface area contributed by atoms with Crippen LogP contribution in [0.3, 0.4) is 0 Å². The largest absolute Gasteiger partial charge is 0.368 e. The number of nitrogens with zero attached hydrogens (tertiary/aromatic N) is 6. The van der Waals surface area contributed by atoms with Crippen LogP contribution in [0.25, 0.3) is 33.4 Å². The van der Waals surface area contributed by atoms with Gasteiger partial charge in [0.15, 0.2) is 0 Å². The number of nitrogens with two attached hydrogens (primary N) is 1. The number of rotatable bonds is 5. The monoisotopic (exact) mass is 444 g/mol. The Bertz CT molecular complexity index is 1420. The van der Waals surface area contributed by atoms with Gasteiger partial charge in [-0.2, -0.15) is 10.1 Å². The average molecular weight is 445 g/mol.